The number of anilines is 1. The Morgan fingerprint density at radius 3 is 2.67 bits per heavy atom. The number of aromatic hydroxyl groups is 1. The van der Waals surface area contributed by atoms with Crippen molar-refractivity contribution in [3.63, 3.8) is 0 Å². The van der Waals surface area contributed by atoms with Crippen molar-refractivity contribution in [2.45, 2.75) is 19.4 Å². The van der Waals surface area contributed by atoms with Crippen molar-refractivity contribution in [3.8, 4) is 5.75 Å². The molecule has 0 saturated carbocycles. The lowest BCUT2D eigenvalue weighted by molar-refractivity contribution is -0.121. The molecule has 0 spiro atoms. The number of carbonyl (C=O) groups excluding carboxylic acids is 1. The van der Waals surface area contributed by atoms with Crippen LogP contribution in [0, 0.1) is 5.92 Å². The Kier molecular flexibility index (Phi) is 5.07. The SMILES string of the molecule is O=C(Nc1ccccc1)C1CCCN(Cc2c(O)ccc3ccccc23)C1. The smallest absolute Gasteiger partial charge is 0.228 e. The molecule has 4 nitrogen and oxygen atoms in total. The molecule has 0 bridgehead atoms. The molecule has 0 aliphatic carbocycles. The molecule has 1 amide bonds. The second kappa shape index (κ2) is 7.80. The molecule has 138 valence electrons. The fourth-order valence-corrected chi connectivity index (χ4v) is 3.89. The van der Waals surface area contributed by atoms with Gasteiger partial charge in [0.25, 0.3) is 0 Å². The molecule has 4 heteroatoms. The number of carbonyl (C=O) groups is 1. The third-order valence-electron chi connectivity index (χ3n) is 5.32. The van der Waals surface area contributed by atoms with Gasteiger partial charge in [-0.05, 0) is 48.4 Å². The van der Waals surface area contributed by atoms with Crippen LogP contribution in [0.4, 0.5) is 5.69 Å². The molecule has 1 atom stereocenters. The van der Waals surface area contributed by atoms with Crippen molar-refractivity contribution >= 4 is 22.4 Å². The summed E-state index contributed by atoms with van der Waals surface area (Å²) < 4.78 is 0. The lowest BCUT2D eigenvalue weighted by atomic mass is 9.95. The Labute approximate surface area is 159 Å². The van der Waals surface area contributed by atoms with E-state index in [-0.39, 0.29) is 11.8 Å². The summed E-state index contributed by atoms with van der Waals surface area (Å²) in [6, 6.07) is 21.4. The van der Waals surface area contributed by atoms with Crippen LogP contribution < -0.4 is 5.32 Å². The van der Waals surface area contributed by atoms with Crippen molar-refractivity contribution in [1.29, 1.82) is 0 Å². The van der Waals surface area contributed by atoms with E-state index in [0.717, 1.165) is 41.4 Å². The molecule has 3 aromatic carbocycles. The molecule has 0 radical (unpaired) electrons. The molecule has 4 rings (SSSR count). The van der Waals surface area contributed by atoms with Gasteiger partial charge >= 0.3 is 0 Å². The van der Waals surface area contributed by atoms with Crippen molar-refractivity contribution in [3.05, 3.63) is 72.3 Å². The molecule has 1 saturated heterocycles. The Morgan fingerprint density at radius 1 is 1.04 bits per heavy atom. The summed E-state index contributed by atoms with van der Waals surface area (Å²) in [6.07, 6.45) is 1.88. The first-order chi connectivity index (χ1) is 13.2. The van der Waals surface area contributed by atoms with Crippen LogP contribution in [-0.2, 0) is 11.3 Å². The molecule has 0 aromatic heterocycles. The van der Waals surface area contributed by atoms with Crippen molar-refractivity contribution < 1.29 is 9.90 Å². The van der Waals surface area contributed by atoms with Gasteiger partial charge < -0.3 is 10.4 Å². The average Bonchev–Trinajstić information content (AvgIpc) is 2.71. The van der Waals surface area contributed by atoms with Crippen LogP contribution in [0.3, 0.4) is 0 Å². The van der Waals surface area contributed by atoms with Gasteiger partial charge in [0.15, 0.2) is 0 Å². The number of nitrogens with zero attached hydrogens (tertiary/aromatic N) is 1. The normalized spacial score (nSPS) is 17.7. The molecule has 1 aliphatic heterocycles. The molecule has 3 aromatic rings. The highest BCUT2D eigenvalue weighted by Gasteiger charge is 2.26. The highest BCUT2D eigenvalue weighted by atomic mass is 16.3. The van der Waals surface area contributed by atoms with Crippen LogP contribution in [-0.4, -0.2) is 29.0 Å². The third-order valence-corrected chi connectivity index (χ3v) is 5.32. The van der Waals surface area contributed by atoms with Crippen LogP contribution >= 0.6 is 0 Å². The minimum atomic E-state index is -0.0314. The van der Waals surface area contributed by atoms with Gasteiger partial charge in [-0.25, -0.2) is 0 Å². The van der Waals surface area contributed by atoms with Gasteiger partial charge in [-0.1, -0.05) is 48.5 Å². The van der Waals surface area contributed by atoms with Crippen LogP contribution in [0.2, 0.25) is 0 Å². The summed E-state index contributed by atoms with van der Waals surface area (Å²) >= 11 is 0. The fourth-order valence-electron chi connectivity index (χ4n) is 3.89. The highest BCUT2D eigenvalue weighted by molar-refractivity contribution is 5.92. The molecule has 2 N–H and O–H groups in total. The minimum absolute atomic E-state index is 0.0314. The van der Waals surface area contributed by atoms with E-state index in [4.69, 9.17) is 0 Å². The van der Waals surface area contributed by atoms with Gasteiger partial charge in [0.05, 0.1) is 5.92 Å². The number of para-hydroxylation sites is 1. The number of nitrogens with one attached hydrogen (secondary N) is 1. The van der Waals surface area contributed by atoms with E-state index in [0.29, 0.717) is 18.8 Å². The summed E-state index contributed by atoms with van der Waals surface area (Å²) in [5, 5.41) is 15.6. The molecule has 1 aliphatic rings. The first-order valence-corrected chi connectivity index (χ1v) is 9.48. The van der Waals surface area contributed by atoms with Crippen LogP contribution in [0.15, 0.2) is 66.7 Å². The maximum atomic E-state index is 12.7. The Hall–Kier alpha value is -2.85. The van der Waals surface area contributed by atoms with Crippen molar-refractivity contribution in [1.82, 2.24) is 4.90 Å². The van der Waals surface area contributed by atoms with Crippen LogP contribution in [0.1, 0.15) is 18.4 Å². The first kappa shape index (κ1) is 17.6. The standard InChI is InChI=1S/C23H24N2O2/c26-22-13-12-17-7-4-5-11-20(17)21(22)16-25-14-6-8-18(15-25)23(27)24-19-9-2-1-3-10-19/h1-5,7,9-13,18,26H,6,8,14-16H2,(H,24,27). The Morgan fingerprint density at radius 2 is 1.81 bits per heavy atom. The number of phenolic OH excluding ortho intramolecular Hbond substituents is 1. The number of fused-ring (bicyclic) bond motifs is 1. The summed E-state index contributed by atoms with van der Waals surface area (Å²) in [5.41, 5.74) is 1.78. The van der Waals surface area contributed by atoms with E-state index in [1.807, 2.05) is 54.6 Å². The number of amides is 1. The van der Waals surface area contributed by atoms with Gasteiger partial charge in [0.1, 0.15) is 5.75 Å². The van der Waals surface area contributed by atoms with Crippen molar-refractivity contribution in [2.24, 2.45) is 5.92 Å². The molecule has 1 fully saturated rings. The van der Waals surface area contributed by atoms with Crippen LogP contribution in [0.5, 0.6) is 5.75 Å². The Balaban J connectivity index is 1.48. The van der Waals surface area contributed by atoms with Crippen molar-refractivity contribution in [2.75, 3.05) is 18.4 Å². The topological polar surface area (TPSA) is 52.6 Å². The lowest BCUT2D eigenvalue weighted by Crippen LogP contribution is -2.40. The highest BCUT2D eigenvalue weighted by Crippen LogP contribution is 2.30. The van der Waals surface area contributed by atoms with Gasteiger partial charge in [0.2, 0.25) is 5.91 Å². The van der Waals surface area contributed by atoms with E-state index in [1.165, 1.54) is 0 Å². The van der Waals surface area contributed by atoms with E-state index in [2.05, 4.69) is 16.3 Å². The number of piperidine rings is 1. The quantitative estimate of drug-likeness (QED) is 0.725. The fraction of sp³-hybridized carbons (Fsp3) is 0.261. The number of hydrogen-bond donors (Lipinski definition) is 2. The summed E-state index contributed by atoms with van der Waals surface area (Å²) in [5.74, 6) is 0.369. The molecular formula is C23H24N2O2. The molecular weight excluding hydrogens is 336 g/mol. The number of likely N-dealkylation sites (tertiary alicyclic amines) is 1. The maximum absolute atomic E-state index is 12.7. The average molecular weight is 360 g/mol. The zero-order valence-electron chi connectivity index (χ0n) is 15.3. The summed E-state index contributed by atoms with van der Waals surface area (Å²) in [4.78, 5) is 14.9. The predicted molar refractivity (Wildman–Crippen MR) is 109 cm³/mol. The second-order valence-corrected chi connectivity index (χ2v) is 7.21. The summed E-state index contributed by atoms with van der Waals surface area (Å²) in [7, 11) is 0. The number of rotatable bonds is 4. The van der Waals surface area contributed by atoms with Gasteiger partial charge in [-0.3, -0.25) is 9.69 Å². The first-order valence-electron chi connectivity index (χ1n) is 9.48. The predicted octanol–water partition coefficient (Wildman–Crippen LogP) is 4.40. The van der Waals surface area contributed by atoms with E-state index in [9.17, 15) is 9.90 Å². The van der Waals surface area contributed by atoms with Gasteiger partial charge in [-0.2, -0.15) is 0 Å². The second-order valence-electron chi connectivity index (χ2n) is 7.21. The number of hydrogen-bond acceptors (Lipinski definition) is 3. The lowest BCUT2D eigenvalue weighted by Gasteiger charge is -2.32. The largest absolute Gasteiger partial charge is 0.508 e. The third kappa shape index (κ3) is 3.96. The summed E-state index contributed by atoms with van der Waals surface area (Å²) in [6.45, 7) is 2.31. The monoisotopic (exact) mass is 360 g/mol. The van der Waals surface area contributed by atoms with E-state index >= 15 is 0 Å². The maximum Gasteiger partial charge on any atom is 0.228 e. The molecule has 1 heterocycles. The number of benzene rings is 3. The Bertz CT molecular complexity index is 940. The number of phenols is 1. The minimum Gasteiger partial charge on any atom is -0.508 e. The molecule has 27 heavy (non-hydrogen) atoms. The zero-order valence-corrected chi connectivity index (χ0v) is 15.3. The van der Waals surface area contributed by atoms with E-state index in [1.54, 1.807) is 6.07 Å². The van der Waals surface area contributed by atoms with E-state index < -0.39 is 0 Å². The van der Waals surface area contributed by atoms with Gasteiger partial charge in [0, 0.05) is 24.3 Å². The molecule has 1 unspecified atom stereocenters. The van der Waals surface area contributed by atoms with Crippen LogP contribution in [0.25, 0.3) is 10.8 Å². The van der Waals surface area contributed by atoms with Gasteiger partial charge in [-0.15, -0.1) is 0 Å². The zero-order chi connectivity index (χ0) is 18.6.